The minimum Gasteiger partial charge on any atom is -0.508 e. The summed E-state index contributed by atoms with van der Waals surface area (Å²) in [5.74, 6) is 0.0258. The Morgan fingerprint density at radius 1 is 1.08 bits per heavy atom. The number of carbonyl (C=O) groups excluding carboxylic acids is 1. The van der Waals surface area contributed by atoms with Crippen LogP contribution in [-0.4, -0.2) is 15.6 Å². The maximum atomic E-state index is 14.0. The molecule has 5 heteroatoms. The van der Waals surface area contributed by atoms with Crippen LogP contribution in [0.1, 0.15) is 91.3 Å². The Labute approximate surface area is 230 Å². The molecule has 5 rings (SSSR count). The lowest BCUT2D eigenvalue weighted by Gasteiger charge is -2.27. The average Bonchev–Trinajstić information content (AvgIpc) is 3.10. The van der Waals surface area contributed by atoms with Gasteiger partial charge in [0.25, 0.3) is 5.91 Å². The largest absolute Gasteiger partial charge is 0.508 e. The van der Waals surface area contributed by atoms with Gasteiger partial charge in [0.1, 0.15) is 11.6 Å². The van der Waals surface area contributed by atoms with Gasteiger partial charge in [-0.25, -0.2) is 4.39 Å². The molecule has 1 aliphatic rings. The second-order valence-corrected chi connectivity index (χ2v) is 12.3. The number of phenolic OH excluding ortho intramolecular Hbond substituents is 1. The van der Waals surface area contributed by atoms with Crippen LogP contribution in [0, 0.1) is 18.7 Å². The molecule has 0 spiro atoms. The molecule has 0 radical (unpaired) electrons. The molecule has 0 aliphatic heterocycles. The average molecular weight is 527 g/mol. The number of fused-ring (bicyclic) bond motifs is 1. The van der Waals surface area contributed by atoms with Crippen molar-refractivity contribution in [2.45, 2.75) is 78.3 Å². The molecular formula is C34H39FN2O2. The third-order valence-corrected chi connectivity index (χ3v) is 8.33. The van der Waals surface area contributed by atoms with E-state index < -0.39 is 5.82 Å². The molecule has 1 fully saturated rings. The summed E-state index contributed by atoms with van der Waals surface area (Å²) < 4.78 is 16.3. The highest BCUT2D eigenvalue weighted by atomic mass is 19.1. The van der Waals surface area contributed by atoms with E-state index in [9.17, 15) is 14.3 Å². The summed E-state index contributed by atoms with van der Waals surface area (Å²) in [5, 5.41) is 14.2. The van der Waals surface area contributed by atoms with Crippen molar-refractivity contribution >= 4 is 16.8 Å². The highest BCUT2D eigenvalue weighted by Crippen LogP contribution is 2.34. The van der Waals surface area contributed by atoms with Crippen molar-refractivity contribution in [3.63, 3.8) is 0 Å². The van der Waals surface area contributed by atoms with Gasteiger partial charge < -0.3 is 15.0 Å². The van der Waals surface area contributed by atoms with Crippen LogP contribution >= 0.6 is 0 Å². The molecule has 1 amide bonds. The third kappa shape index (κ3) is 5.73. The van der Waals surface area contributed by atoms with Crippen LogP contribution < -0.4 is 5.32 Å². The molecule has 0 unspecified atom stereocenters. The number of nitrogens with zero attached hydrogens (tertiary/aromatic N) is 1. The normalized spacial score (nSPS) is 14.8. The van der Waals surface area contributed by atoms with E-state index in [1.807, 2.05) is 25.1 Å². The van der Waals surface area contributed by atoms with E-state index in [0.717, 1.165) is 45.9 Å². The molecule has 4 aromatic rings. The zero-order valence-corrected chi connectivity index (χ0v) is 23.6. The smallest absolute Gasteiger partial charge is 0.251 e. The molecule has 0 saturated heterocycles. The van der Waals surface area contributed by atoms with E-state index in [0.29, 0.717) is 17.9 Å². The monoisotopic (exact) mass is 526 g/mol. The molecule has 204 valence electrons. The van der Waals surface area contributed by atoms with Gasteiger partial charge >= 0.3 is 0 Å². The fourth-order valence-electron chi connectivity index (χ4n) is 5.66. The minimum atomic E-state index is -0.443. The molecular weight excluding hydrogens is 487 g/mol. The lowest BCUT2D eigenvalue weighted by molar-refractivity contribution is 0.0940. The second kappa shape index (κ2) is 10.5. The number of benzene rings is 3. The first-order valence-corrected chi connectivity index (χ1v) is 14.0. The zero-order valence-electron chi connectivity index (χ0n) is 23.6. The highest BCUT2D eigenvalue weighted by molar-refractivity contribution is 5.99. The van der Waals surface area contributed by atoms with Crippen LogP contribution in [0.2, 0.25) is 0 Å². The van der Waals surface area contributed by atoms with Crippen molar-refractivity contribution < 1.29 is 14.3 Å². The number of rotatable bonds is 7. The van der Waals surface area contributed by atoms with Gasteiger partial charge in [0.2, 0.25) is 0 Å². The molecule has 0 bridgehead atoms. The number of nitrogens with one attached hydrogen (secondary N) is 1. The number of aromatic hydroxyl groups is 1. The Bertz CT molecular complexity index is 1490. The summed E-state index contributed by atoms with van der Waals surface area (Å²) in [6.07, 6.45) is 4.22. The van der Waals surface area contributed by atoms with Gasteiger partial charge in [0.15, 0.2) is 0 Å². The number of hydrogen-bond donors (Lipinski definition) is 2. The number of amides is 1. The first-order chi connectivity index (χ1) is 18.5. The Balaban J connectivity index is 1.44. The first-order valence-electron chi connectivity index (χ1n) is 14.0. The number of aromatic nitrogens is 1. The van der Waals surface area contributed by atoms with Gasteiger partial charge in [-0.05, 0) is 84.5 Å². The van der Waals surface area contributed by atoms with Crippen LogP contribution in [-0.2, 0) is 18.4 Å². The first kappa shape index (κ1) is 27.0. The Morgan fingerprint density at radius 2 is 1.79 bits per heavy atom. The Hall–Kier alpha value is -3.60. The predicted molar refractivity (Wildman–Crippen MR) is 156 cm³/mol. The third-order valence-electron chi connectivity index (χ3n) is 8.33. The Morgan fingerprint density at radius 3 is 2.41 bits per heavy atom. The standard InChI is InChI=1S/C34H39FN2O2/c1-21(25-9-12-27(13-10-25)34(3,4)5)36-33(39)26-11-14-30-31(17-24-15-28(35)19-29(38)16-24)22(2)37(32(30)18-26)20-23-7-6-8-23/h9-16,18-19,21,23,38H,6-8,17,20H2,1-5H3,(H,36,39)/t21-/m0/s1. The molecule has 1 aromatic heterocycles. The van der Waals surface area contributed by atoms with E-state index in [4.69, 9.17) is 0 Å². The number of halogens is 1. The molecule has 39 heavy (non-hydrogen) atoms. The number of hydrogen-bond acceptors (Lipinski definition) is 2. The molecule has 1 saturated carbocycles. The molecule has 1 heterocycles. The van der Waals surface area contributed by atoms with Crippen LogP contribution in [0.25, 0.3) is 10.9 Å². The Kier molecular flexibility index (Phi) is 7.28. The van der Waals surface area contributed by atoms with Crippen LogP contribution in [0.3, 0.4) is 0 Å². The molecule has 1 aliphatic carbocycles. The van der Waals surface area contributed by atoms with Crippen LogP contribution in [0.4, 0.5) is 4.39 Å². The molecule has 4 nitrogen and oxygen atoms in total. The molecule has 1 atom stereocenters. The minimum absolute atomic E-state index is 0.0676. The van der Waals surface area contributed by atoms with Crippen molar-refractivity contribution in [3.8, 4) is 5.75 Å². The van der Waals surface area contributed by atoms with Crippen molar-refractivity contribution in [3.05, 3.63) is 100.0 Å². The van der Waals surface area contributed by atoms with Crippen LogP contribution in [0.15, 0.2) is 60.7 Å². The summed E-state index contributed by atoms with van der Waals surface area (Å²) in [7, 11) is 0. The number of phenols is 1. The van der Waals surface area contributed by atoms with Crippen molar-refractivity contribution in [2.24, 2.45) is 5.92 Å². The quantitative estimate of drug-likeness (QED) is 0.257. The van der Waals surface area contributed by atoms with Gasteiger partial charge in [-0.15, -0.1) is 0 Å². The summed E-state index contributed by atoms with van der Waals surface area (Å²) in [6, 6.07) is 18.5. The summed E-state index contributed by atoms with van der Waals surface area (Å²) >= 11 is 0. The lowest BCUT2D eigenvalue weighted by atomic mass is 9.85. The van der Waals surface area contributed by atoms with Crippen molar-refractivity contribution in [1.82, 2.24) is 9.88 Å². The summed E-state index contributed by atoms with van der Waals surface area (Å²) in [6.45, 7) is 11.6. The lowest BCUT2D eigenvalue weighted by Crippen LogP contribution is -2.26. The maximum absolute atomic E-state index is 14.0. The highest BCUT2D eigenvalue weighted by Gasteiger charge is 2.23. The van der Waals surface area contributed by atoms with Crippen molar-refractivity contribution in [1.29, 1.82) is 0 Å². The zero-order chi connectivity index (χ0) is 27.9. The summed E-state index contributed by atoms with van der Waals surface area (Å²) in [4.78, 5) is 13.4. The van der Waals surface area contributed by atoms with E-state index in [2.05, 4.69) is 61.8 Å². The van der Waals surface area contributed by atoms with E-state index >= 15 is 0 Å². The second-order valence-electron chi connectivity index (χ2n) is 12.3. The number of carbonyl (C=O) groups is 1. The molecule has 2 N–H and O–H groups in total. The topological polar surface area (TPSA) is 54.3 Å². The van der Waals surface area contributed by atoms with Crippen LogP contribution in [0.5, 0.6) is 5.75 Å². The fraction of sp³-hybridized carbons (Fsp3) is 0.382. The predicted octanol–water partition coefficient (Wildman–Crippen LogP) is 7.97. The van der Waals surface area contributed by atoms with Crippen molar-refractivity contribution in [2.75, 3.05) is 0 Å². The van der Waals surface area contributed by atoms with E-state index in [1.54, 1.807) is 6.07 Å². The SMILES string of the molecule is Cc1c(Cc2cc(O)cc(F)c2)c2ccc(C(=O)N[C@@H](C)c3ccc(C(C)(C)C)cc3)cc2n1CC1CCC1. The van der Waals surface area contributed by atoms with Gasteiger partial charge in [-0.3, -0.25) is 4.79 Å². The summed E-state index contributed by atoms with van der Waals surface area (Å²) in [5.41, 5.74) is 7.05. The van der Waals surface area contributed by atoms with Gasteiger partial charge in [0, 0.05) is 41.2 Å². The van der Waals surface area contributed by atoms with Gasteiger partial charge in [-0.2, -0.15) is 0 Å². The van der Waals surface area contributed by atoms with E-state index in [-0.39, 0.29) is 23.1 Å². The van der Waals surface area contributed by atoms with E-state index in [1.165, 1.54) is 30.9 Å². The van der Waals surface area contributed by atoms with Gasteiger partial charge in [0.05, 0.1) is 6.04 Å². The van der Waals surface area contributed by atoms with Gasteiger partial charge in [-0.1, -0.05) is 57.5 Å². The fourth-order valence-corrected chi connectivity index (χ4v) is 5.66. The maximum Gasteiger partial charge on any atom is 0.251 e. The molecule has 3 aromatic carbocycles.